The number of aromatic nitrogens is 4. The Balaban J connectivity index is 1.13. The largest absolute Gasteiger partial charge is 0.264 e. The lowest BCUT2D eigenvalue weighted by Gasteiger charge is -2.19. The van der Waals surface area contributed by atoms with Crippen molar-refractivity contribution in [3.05, 3.63) is 216 Å². The highest BCUT2D eigenvalue weighted by Crippen LogP contribution is 2.36. The lowest BCUT2D eigenvalue weighted by atomic mass is 9.86. The average molecular weight is 717 g/mol. The Bertz CT molecular complexity index is 2900. The molecule has 0 atom stereocenters. The first kappa shape index (κ1) is 33.3. The van der Waals surface area contributed by atoms with Gasteiger partial charge in [-0.1, -0.05) is 164 Å². The number of benzene rings is 7. The van der Waals surface area contributed by atoms with Crippen molar-refractivity contribution in [2.75, 3.05) is 0 Å². The molecule has 10 rings (SSSR count). The predicted molar refractivity (Wildman–Crippen MR) is 230 cm³/mol. The normalized spacial score (nSPS) is 12.6. The predicted octanol–water partition coefficient (Wildman–Crippen LogP) is 12.4. The molecule has 0 bridgehead atoms. The van der Waals surface area contributed by atoms with Crippen LogP contribution in [0.4, 0.5) is 0 Å². The zero-order valence-electron chi connectivity index (χ0n) is 30.7. The van der Waals surface area contributed by atoms with Gasteiger partial charge in [-0.15, -0.1) is 0 Å². The molecule has 4 heteroatoms. The molecule has 1 aliphatic rings. The van der Waals surface area contributed by atoms with Crippen molar-refractivity contribution in [1.29, 1.82) is 0 Å². The highest BCUT2D eigenvalue weighted by molar-refractivity contribution is 5.90. The molecule has 0 saturated carbocycles. The van der Waals surface area contributed by atoms with Crippen LogP contribution in [0.1, 0.15) is 33.4 Å². The van der Waals surface area contributed by atoms with Gasteiger partial charge in [0.15, 0.2) is 17.5 Å². The van der Waals surface area contributed by atoms with Gasteiger partial charge >= 0.3 is 0 Å². The van der Waals surface area contributed by atoms with Gasteiger partial charge in [0.1, 0.15) is 0 Å². The molecule has 0 saturated heterocycles. The third kappa shape index (κ3) is 6.59. The van der Waals surface area contributed by atoms with Crippen LogP contribution in [0, 0.1) is 0 Å². The summed E-state index contributed by atoms with van der Waals surface area (Å²) in [4.78, 5) is 19.5. The summed E-state index contributed by atoms with van der Waals surface area (Å²) in [6.45, 7) is 0. The van der Waals surface area contributed by atoms with E-state index in [1.54, 1.807) is 6.20 Å². The van der Waals surface area contributed by atoms with Crippen LogP contribution in [0.25, 0.3) is 79.3 Å². The summed E-state index contributed by atoms with van der Waals surface area (Å²) in [7, 11) is 0. The molecular weight excluding hydrogens is 681 g/mol. The molecule has 264 valence electrons. The van der Waals surface area contributed by atoms with Gasteiger partial charge in [-0.2, -0.15) is 0 Å². The van der Waals surface area contributed by atoms with E-state index in [0.717, 1.165) is 40.7 Å². The number of nitrogens with zero attached hydrogens (tertiary/aromatic N) is 4. The second-order valence-corrected chi connectivity index (χ2v) is 14.3. The van der Waals surface area contributed by atoms with Gasteiger partial charge in [-0.05, 0) is 97.4 Å². The van der Waals surface area contributed by atoms with E-state index in [9.17, 15) is 0 Å². The Morgan fingerprint density at radius 3 is 1.68 bits per heavy atom. The van der Waals surface area contributed by atoms with E-state index in [2.05, 4.69) is 151 Å². The first-order valence-electron chi connectivity index (χ1n) is 19.0. The van der Waals surface area contributed by atoms with E-state index < -0.39 is 0 Å². The second-order valence-electron chi connectivity index (χ2n) is 14.3. The van der Waals surface area contributed by atoms with Crippen LogP contribution in [-0.2, 0) is 12.8 Å². The SMILES string of the molecule is C1=C\c2ccc(-c3nc(-c4ccccc4)nc(-c4ccc(-c5cccnc5)cc4)n3)cc2Cc2ccccc2-c2cc3ccccc3cc2Cc2ccccc2/1. The van der Waals surface area contributed by atoms with E-state index in [1.165, 1.54) is 55.3 Å². The lowest BCUT2D eigenvalue weighted by Crippen LogP contribution is -2.02. The van der Waals surface area contributed by atoms with Crippen molar-refractivity contribution in [3.8, 4) is 56.4 Å². The molecule has 0 fully saturated rings. The molecule has 4 nitrogen and oxygen atoms in total. The highest BCUT2D eigenvalue weighted by atomic mass is 15.0. The Labute approximate surface area is 326 Å². The minimum atomic E-state index is 0.630. The number of pyridine rings is 1. The van der Waals surface area contributed by atoms with Crippen LogP contribution < -0.4 is 0 Å². The van der Waals surface area contributed by atoms with Crippen molar-refractivity contribution in [1.82, 2.24) is 19.9 Å². The molecule has 9 aromatic rings. The van der Waals surface area contributed by atoms with E-state index in [4.69, 9.17) is 15.0 Å². The molecule has 1 aliphatic carbocycles. The first-order valence-corrected chi connectivity index (χ1v) is 19.0. The zero-order chi connectivity index (χ0) is 37.3. The fourth-order valence-corrected chi connectivity index (χ4v) is 7.83. The molecule has 0 spiro atoms. The standard InChI is InChI=1S/C52H36N4/c1-2-12-38(13-3-1)50-54-51(39-25-22-36(23-26-39)45-18-10-28-53-34-45)56-52(55-50)44-27-24-37-21-20-35-11-4-5-14-40(35)29-47-30-41-15-6-7-16-42(41)33-49(47)48-19-9-8-17-43(48)31-46(37)32-44/h1-28,30,32-34H,29,31H2/b21-20-. The molecule has 2 heterocycles. The molecule has 56 heavy (non-hydrogen) atoms. The summed E-state index contributed by atoms with van der Waals surface area (Å²) < 4.78 is 0. The quantitative estimate of drug-likeness (QED) is 0.182. The topological polar surface area (TPSA) is 51.6 Å². The maximum absolute atomic E-state index is 5.13. The van der Waals surface area contributed by atoms with E-state index in [0.29, 0.717) is 17.5 Å². The Kier molecular flexibility index (Phi) is 8.62. The molecule has 2 aromatic heterocycles. The number of hydrogen-bond acceptors (Lipinski definition) is 4. The summed E-state index contributed by atoms with van der Waals surface area (Å²) in [6.07, 6.45) is 9.80. The summed E-state index contributed by atoms with van der Waals surface area (Å²) in [5.74, 6) is 1.91. The van der Waals surface area contributed by atoms with E-state index >= 15 is 0 Å². The summed E-state index contributed by atoms with van der Waals surface area (Å²) in [6, 6.07) is 60.3. The summed E-state index contributed by atoms with van der Waals surface area (Å²) in [5, 5.41) is 2.51. The molecule has 0 N–H and O–H groups in total. The van der Waals surface area contributed by atoms with E-state index in [1.807, 2.05) is 42.6 Å². The monoisotopic (exact) mass is 716 g/mol. The maximum atomic E-state index is 5.13. The van der Waals surface area contributed by atoms with Gasteiger partial charge in [0.05, 0.1) is 0 Å². The zero-order valence-corrected chi connectivity index (χ0v) is 30.7. The molecule has 0 radical (unpaired) electrons. The fraction of sp³-hybridized carbons (Fsp3) is 0.0385. The van der Waals surface area contributed by atoms with E-state index in [-0.39, 0.29) is 0 Å². The first-order chi connectivity index (χ1) is 27.7. The van der Waals surface area contributed by atoms with Crippen LogP contribution in [0.3, 0.4) is 0 Å². The number of hydrogen-bond donors (Lipinski definition) is 0. The van der Waals surface area contributed by atoms with Crippen LogP contribution >= 0.6 is 0 Å². The minimum Gasteiger partial charge on any atom is -0.264 e. The van der Waals surface area contributed by atoms with Gasteiger partial charge in [0, 0.05) is 29.1 Å². The van der Waals surface area contributed by atoms with Crippen molar-refractivity contribution < 1.29 is 0 Å². The van der Waals surface area contributed by atoms with Gasteiger partial charge in [-0.3, -0.25) is 4.98 Å². The fourth-order valence-electron chi connectivity index (χ4n) is 7.83. The van der Waals surface area contributed by atoms with Gasteiger partial charge in [0.25, 0.3) is 0 Å². The van der Waals surface area contributed by atoms with Gasteiger partial charge < -0.3 is 0 Å². The molecular formula is C52H36N4. The van der Waals surface area contributed by atoms with Crippen molar-refractivity contribution in [2.45, 2.75) is 12.8 Å². The average Bonchev–Trinajstić information content (AvgIpc) is 3.26. The van der Waals surface area contributed by atoms with Crippen molar-refractivity contribution in [3.63, 3.8) is 0 Å². The molecule has 0 aliphatic heterocycles. The third-order valence-corrected chi connectivity index (χ3v) is 10.7. The minimum absolute atomic E-state index is 0.630. The Morgan fingerprint density at radius 2 is 0.911 bits per heavy atom. The van der Waals surface area contributed by atoms with Crippen LogP contribution in [0.2, 0.25) is 0 Å². The van der Waals surface area contributed by atoms with Crippen LogP contribution in [-0.4, -0.2) is 19.9 Å². The Hall–Kier alpha value is -7.30. The highest BCUT2D eigenvalue weighted by Gasteiger charge is 2.18. The number of fused-ring (bicyclic) bond motifs is 6. The smallest absolute Gasteiger partial charge is 0.164 e. The maximum Gasteiger partial charge on any atom is 0.164 e. The second kappa shape index (κ2) is 14.5. The Morgan fingerprint density at radius 1 is 0.339 bits per heavy atom. The van der Waals surface area contributed by atoms with Crippen molar-refractivity contribution >= 4 is 22.9 Å². The van der Waals surface area contributed by atoms with Gasteiger partial charge in [-0.25, -0.2) is 15.0 Å². The summed E-state index contributed by atoms with van der Waals surface area (Å²) >= 11 is 0. The van der Waals surface area contributed by atoms with Gasteiger partial charge in [0.2, 0.25) is 0 Å². The summed E-state index contributed by atoms with van der Waals surface area (Å²) in [5.41, 5.74) is 15.0. The third-order valence-electron chi connectivity index (χ3n) is 10.7. The van der Waals surface area contributed by atoms with Crippen molar-refractivity contribution in [2.24, 2.45) is 0 Å². The molecule has 7 aromatic carbocycles. The number of rotatable bonds is 4. The lowest BCUT2D eigenvalue weighted by molar-refractivity contribution is 1.07. The molecule has 0 amide bonds. The molecule has 0 unspecified atom stereocenters. The van der Waals surface area contributed by atoms with Crippen LogP contribution in [0.15, 0.2) is 182 Å². The van der Waals surface area contributed by atoms with Crippen LogP contribution in [0.5, 0.6) is 0 Å².